The van der Waals surface area contributed by atoms with Gasteiger partial charge in [0.05, 0.1) is 16.8 Å². The molecule has 0 spiro atoms. The third-order valence-electron chi connectivity index (χ3n) is 3.96. The standard InChI is InChI=1S/C20H20N2O/c1-3-14-9-11-15(12-10-14)19-13-17(20(23)21-4-2)16-7-5-6-8-18(16)22-19/h5-13H,3-4H2,1-2H3,(H,21,23). The summed E-state index contributed by atoms with van der Waals surface area (Å²) in [6.07, 6.45) is 1.01. The van der Waals surface area contributed by atoms with E-state index in [1.54, 1.807) is 0 Å². The highest BCUT2D eigenvalue weighted by Gasteiger charge is 2.13. The van der Waals surface area contributed by atoms with Crippen LogP contribution >= 0.6 is 0 Å². The molecule has 0 aliphatic heterocycles. The van der Waals surface area contributed by atoms with Gasteiger partial charge in [-0.05, 0) is 31.0 Å². The van der Waals surface area contributed by atoms with Gasteiger partial charge in [0.15, 0.2) is 0 Å². The number of pyridine rings is 1. The molecule has 1 N–H and O–H groups in total. The van der Waals surface area contributed by atoms with Crippen LogP contribution in [0.4, 0.5) is 0 Å². The quantitative estimate of drug-likeness (QED) is 0.784. The van der Waals surface area contributed by atoms with Crippen LogP contribution in [0.25, 0.3) is 22.2 Å². The molecule has 0 atom stereocenters. The van der Waals surface area contributed by atoms with Crippen molar-refractivity contribution in [1.29, 1.82) is 0 Å². The molecule has 0 fully saturated rings. The van der Waals surface area contributed by atoms with E-state index in [0.29, 0.717) is 12.1 Å². The SMILES string of the molecule is CCNC(=O)c1cc(-c2ccc(CC)cc2)nc2ccccc12. The second-order valence-corrected chi connectivity index (χ2v) is 5.48. The van der Waals surface area contributed by atoms with Crippen molar-refractivity contribution in [2.24, 2.45) is 0 Å². The normalized spacial score (nSPS) is 10.7. The molecule has 0 saturated heterocycles. The van der Waals surface area contributed by atoms with Crippen LogP contribution in [-0.4, -0.2) is 17.4 Å². The molecule has 0 aliphatic rings. The van der Waals surface area contributed by atoms with Crippen molar-refractivity contribution in [3.05, 3.63) is 65.7 Å². The molecule has 3 heteroatoms. The number of nitrogens with one attached hydrogen (secondary N) is 1. The maximum Gasteiger partial charge on any atom is 0.252 e. The number of fused-ring (bicyclic) bond motifs is 1. The molecule has 3 nitrogen and oxygen atoms in total. The lowest BCUT2D eigenvalue weighted by Gasteiger charge is -2.10. The largest absolute Gasteiger partial charge is 0.352 e. The first kappa shape index (κ1) is 15.2. The van der Waals surface area contributed by atoms with Crippen molar-refractivity contribution in [2.45, 2.75) is 20.3 Å². The Hall–Kier alpha value is -2.68. The summed E-state index contributed by atoms with van der Waals surface area (Å²) in [7, 11) is 0. The third kappa shape index (κ3) is 3.09. The molecule has 0 bridgehead atoms. The average Bonchev–Trinajstić information content (AvgIpc) is 2.61. The van der Waals surface area contributed by atoms with Crippen LogP contribution in [0.2, 0.25) is 0 Å². The van der Waals surface area contributed by atoms with E-state index in [9.17, 15) is 4.79 Å². The topological polar surface area (TPSA) is 42.0 Å². The minimum Gasteiger partial charge on any atom is -0.352 e. The summed E-state index contributed by atoms with van der Waals surface area (Å²) < 4.78 is 0. The van der Waals surface area contributed by atoms with Gasteiger partial charge in [-0.15, -0.1) is 0 Å². The molecule has 116 valence electrons. The third-order valence-corrected chi connectivity index (χ3v) is 3.96. The first-order chi connectivity index (χ1) is 11.2. The van der Waals surface area contributed by atoms with Gasteiger partial charge in [-0.25, -0.2) is 4.98 Å². The van der Waals surface area contributed by atoms with Crippen LogP contribution in [0.3, 0.4) is 0 Å². The van der Waals surface area contributed by atoms with Crippen molar-refractivity contribution >= 4 is 16.8 Å². The van der Waals surface area contributed by atoms with E-state index >= 15 is 0 Å². The van der Waals surface area contributed by atoms with Gasteiger partial charge in [-0.2, -0.15) is 0 Å². The van der Waals surface area contributed by atoms with Gasteiger partial charge in [-0.1, -0.05) is 49.4 Å². The zero-order valence-corrected chi connectivity index (χ0v) is 13.5. The first-order valence-corrected chi connectivity index (χ1v) is 8.00. The van der Waals surface area contributed by atoms with E-state index in [0.717, 1.165) is 28.6 Å². The number of hydrogen-bond donors (Lipinski definition) is 1. The molecule has 1 heterocycles. The summed E-state index contributed by atoms with van der Waals surface area (Å²) in [6, 6.07) is 18.0. The molecule has 0 aliphatic carbocycles. The van der Waals surface area contributed by atoms with Gasteiger partial charge in [-0.3, -0.25) is 4.79 Å². The average molecular weight is 304 g/mol. The van der Waals surface area contributed by atoms with Crippen molar-refractivity contribution in [3.63, 3.8) is 0 Å². The first-order valence-electron chi connectivity index (χ1n) is 8.00. The highest BCUT2D eigenvalue weighted by molar-refractivity contribution is 6.07. The highest BCUT2D eigenvalue weighted by atomic mass is 16.1. The number of benzene rings is 2. The number of aryl methyl sites for hydroxylation is 1. The van der Waals surface area contributed by atoms with Crippen LogP contribution in [-0.2, 0) is 6.42 Å². The second kappa shape index (κ2) is 6.61. The summed E-state index contributed by atoms with van der Waals surface area (Å²) in [5.41, 5.74) is 4.66. The summed E-state index contributed by atoms with van der Waals surface area (Å²) >= 11 is 0. The molecule has 2 aromatic carbocycles. The number of amides is 1. The van der Waals surface area contributed by atoms with Gasteiger partial charge < -0.3 is 5.32 Å². The molecule has 0 unspecified atom stereocenters. The fraction of sp³-hybridized carbons (Fsp3) is 0.200. The lowest BCUT2D eigenvalue weighted by molar-refractivity contribution is 0.0957. The van der Waals surface area contributed by atoms with Crippen LogP contribution < -0.4 is 5.32 Å². The number of rotatable bonds is 4. The van der Waals surface area contributed by atoms with Crippen molar-refractivity contribution in [3.8, 4) is 11.3 Å². The van der Waals surface area contributed by atoms with Gasteiger partial charge >= 0.3 is 0 Å². The number of hydrogen-bond acceptors (Lipinski definition) is 2. The summed E-state index contributed by atoms with van der Waals surface area (Å²) in [6.45, 7) is 4.66. The van der Waals surface area contributed by atoms with Crippen molar-refractivity contribution in [1.82, 2.24) is 10.3 Å². The van der Waals surface area contributed by atoms with E-state index < -0.39 is 0 Å². The molecule has 3 aromatic rings. The van der Waals surface area contributed by atoms with Gasteiger partial charge in [0, 0.05) is 17.5 Å². The molecule has 23 heavy (non-hydrogen) atoms. The Labute approximate surface area is 136 Å². The van der Waals surface area contributed by atoms with E-state index in [2.05, 4.69) is 36.5 Å². The molecule has 1 aromatic heterocycles. The summed E-state index contributed by atoms with van der Waals surface area (Å²) in [5.74, 6) is -0.0578. The van der Waals surface area contributed by atoms with E-state index in [4.69, 9.17) is 4.98 Å². The molecule has 0 saturated carbocycles. The molecular weight excluding hydrogens is 284 g/mol. The lowest BCUT2D eigenvalue weighted by Crippen LogP contribution is -2.23. The van der Waals surface area contributed by atoms with Gasteiger partial charge in [0.2, 0.25) is 0 Å². The minimum atomic E-state index is -0.0578. The fourth-order valence-electron chi connectivity index (χ4n) is 2.68. The Balaban J connectivity index is 2.15. The number of nitrogens with zero attached hydrogens (tertiary/aromatic N) is 1. The lowest BCUT2D eigenvalue weighted by atomic mass is 10.0. The maximum absolute atomic E-state index is 12.4. The number of carbonyl (C=O) groups excluding carboxylic acids is 1. The highest BCUT2D eigenvalue weighted by Crippen LogP contribution is 2.25. The molecule has 0 radical (unpaired) electrons. The Morgan fingerprint density at radius 3 is 2.48 bits per heavy atom. The van der Waals surface area contributed by atoms with Crippen molar-refractivity contribution in [2.75, 3.05) is 6.54 Å². The maximum atomic E-state index is 12.4. The Morgan fingerprint density at radius 2 is 1.78 bits per heavy atom. The predicted octanol–water partition coefficient (Wildman–Crippen LogP) is 4.21. The van der Waals surface area contributed by atoms with Crippen molar-refractivity contribution < 1.29 is 4.79 Å². The zero-order chi connectivity index (χ0) is 16.2. The summed E-state index contributed by atoms with van der Waals surface area (Å²) in [5, 5.41) is 3.77. The molecular formula is C20H20N2O. The fourth-order valence-corrected chi connectivity index (χ4v) is 2.68. The Morgan fingerprint density at radius 1 is 1.04 bits per heavy atom. The predicted molar refractivity (Wildman–Crippen MR) is 94.6 cm³/mol. The van der Waals surface area contributed by atoms with E-state index in [-0.39, 0.29) is 5.91 Å². The van der Waals surface area contributed by atoms with E-state index in [1.807, 2.05) is 37.3 Å². The van der Waals surface area contributed by atoms with Gasteiger partial charge in [0.1, 0.15) is 0 Å². The smallest absolute Gasteiger partial charge is 0.252 e. The molecule has 1 amide bonds. The monoisotopic (exact) mass is 304 g/mol. The molecule has 3 rings (SSSR count). The van der Waals surface area contributed by atoms with Crippen LogP contribution in [0.15, 0.2) is 54.6 Å². The minimum absolute atomic E-state index is 0.0578. The number of carbonyl (C=O) groups is 1. The number of para-hydroxylation sites is 1. The van der Waals surface area contributed by atoms with E-state index in [1.165, 1.54) is 5.56 Å². The zero-order valence-electron chi connectivity index (χ0n) is 13.5. The summed E-state index contributed by atoms with van der Waals surface area (Å²) in [4.78, 5) is 17.1. The number of aromatic nitrogens is 1. The van der Waals surface area contributed by atoms with Crippen LogP contribution in [0.1, 0.15) is 29.8 Å². The second-order valence-electron chi connectivity index (χ2n) is 5.48. The van der Waals surface area contributed by atoms with Crippen LogP contribution in [0.5, 0.6) is 0 Å². The van der Waals surface area contributed by atoms with Crippen LogP contribution in [0, 0.1) is 0 Å². The van der Waals surface area contributed by atoms with Gasteiger partial charge in [0.25, 0.3) is 5.91 Å². The Bertz CT molecular complexity index is 838. The Kier molecular flexibility index (Phi) is 4.38.